The maximum atomic E-state index is 9.39. The van der Waals surface area contributed by atoms with E-state index in [1.54, 1.807) is 0 Å². The first-order valence-corrected chi connectivity index (χ1v) is 9.25. The van der Waals surface area contributed by atoms with E-state index in [4.69, 9.17) is 5.73 Å². The van der Waals surface area contributed by atoms with Crippen LogP contribution in [0, 0.1) is 0 Å². The molecule has 0 aliphatic rings. The number of nitrogens with zero attached hydrogens (tertiary/aromatic N) is 3. The van der Waals surface area contributed by atoms with Crippen LogP contribution in [0.5, 0.6) is 0 Å². The molecule has 6 heteroatoms. The lowest BCUT2D eigenvalue weighted by Crippen LogP contribution is -2.22. The Bertz CT molecular complexity index is 831. The van der Waals surface area contributed by atoms with Gasteiger partial charge >= 0.3 is 0 Å². The van der Waals surface area contributed by atoms with Crippen molar-refractivity contribution in [2.45, 2.75) is 45.2 Å². The molecule has 1 atom stereocenters. The molecule has 2 aromatic heterocycles. The van der Waals surface area contributed by atoms with Crippen LogP contribution in [-0.4, -0.2) is 32.3 Å². The molecule has 6 nitrogen and oxygen atoms in total. The number of fused-ring (bicyclic) bond motifs is 1. The summed E-state index contributed by atoms with van der Waals surface area (Å²) in [4.78, 5) is 8.83. The van der Waals surface area contributed by atoms with Gasteiger partial charge in [-0.2, -0.15) is 4.98 Å². The molecule has 0 aliphatic heterocycles. The van der Waals surface area contributed by atoms with Gasteiger partial charge in [-0.3, -0.25) is 0 Å². The summed E-state index contributed by atoms with van der Waals surface area (Å²) in [5, 5.41) is 12.9. The van der Waals surface area contributed by atoms with Crippen molar-refractivity contribution in [3.63, 3.8) is 0 Å². The fourth-order valence-electron chi connectivity index (χ4n) is 3.23. The Morgan fingerprint density at radius 1 is 1.15 bits per heavy atom. The van der Waals surface area contributed by atoms with Crippen LogP contribution in [0.1, 0.15) is 38.2 Å². The molecule has 3 aromatic rings. The first kappa shape index (κ1) is 18.2. The smallest absolute Gasteiger partial charge is 0.222 e. The minimum Gasteiger partial charge on any atom is -0.396 e. The van der Waals surface area contributed by atoms with Crippen molar-refractivity contribution in [3.05, 3.63) is 48.2 Å². The van der Waals surface area contributed by atoms with Crippen LogP contribution in [0.25, 0.3) is 11.0 Å². The molecule has 3 rings (SSSR count). The van der Waals surface area contributed by atoms with Crippen LogP contribution >= 0.6 is 0 Å². The van der Waals surface area contributed by atoms with E-state index in [-0.39, 0.29) is 18.6 Å². The zero-order chi connectivity index (χ0) is 18.4. The van der Waals surface area contributed by atoms with Crippen LogP contribution in [0.15, 0.2) is 42.6 Å². The summed E-state index contributed by atoms with van der Waals surface area (Å²) >= 11 is 0. The summed E-state index contributed by atoms with van der Waals surface area (Å²) in [6, 6.07) is 12.4. The zero-order valence-corrected chi connectivity index (χ0v) is 15.2. The van der Waals surface area contributed by atoms with E-state index < -0.39 is 0 Å². The van der Waals surface area contributed by atoms with Gasteiger partial charge in [0.2, 0.25) is 5.95 Å². The number of nitrogens with one attached hydrogen (secondary N) is 1. The maximum Gasteiger partial charge on any atom is 0.222 e. The Morgan fingerprint density at radius 3 is 2.69 bits per heavy atom. The third-order valence-corrected chi connectivity index (χ3v) is 4.55. The number of aromatic nitrogens is 3. The van der Waals surface area contributed by atoms with Gasteiger partial charge in [0.15, 0.2) is 5.82 Å². The largest absolute Gasteiger partial charge is 0.396 e. The van der Waals surface area contributed by atoms with E-state index >= 15 is 0 Å². The van der Waals surface area contributed by atoms with E-state index in [9.17, 15) is 5.11 Å². The Kier molecular flexibility index (Phi) is 6.07. The van der Waals surface area contributed by atoms with Crippen LogP contribution < -0.4 is 11.1 Å². The lowest BCUT2D eigenvalue weighted by atomic mass is 10.1. The molecule has 0 bridgehead atoms. The topological polar surface area (TPSA) is 89.0 Å². The highest BCUT2D eigenvalue weighted by atomic mass is 16.3. The third-order valence-electron chi connectivity index (χ3n) is 4.55. The number of hydrogen-bond donors (Lipinski definition) is 3. The standard InChI is InChI=1S/C20H27N5O/c1-2-3-9-16(11-13-26)22-19-18-17(23-20(21)24-19)10-12-25(18)14-15-7-5-4-6-8-15/h4-8,10,12,16,26H,2-3,9,11,13-14H2,1H3,(H3,21,22,23,24). The molecule has 138 valence electrons. The minimum absolute atomic E-state index is 0.149. The Labute approximate surface area is 154 Å². The van der Waals surface area contributed by atoms with Crippen LogP contribution in [0.3, 0.4) is 0 Å². The molecule has 1 aromatic carbocycles. The lowest BCUT2D eigenvalue weighted by Gasteiger charge is -2.19. The molecule has 0 aliphatic carbocycles. The molecular formula is C20H27N5O. The van der Waals surface area contributed by atoms with Gasteiger partial charge < -0.3 is 20.7 Å². The molecule has 0 radical (unpaired) electrons. The van der Waals surface area contributed by atoms with Crippen molar-refractivity contribution in [1.82, 2.24) is 14.5 Å². The number of aliphatic hydroxyl groups excluding tert-OH is 1. The number of aliphatic hydroxyl groups is 1. The number of unbranched alkanes of at least 4 members (excludes halogenated alkanes) is 1. The minimum atomic E-state index is 0.149. The second-order valence-corrected chi connectivity index (χ2v) is 6.59. The van der Waals surface area contributed by atoms with Gasteiger partial charge in [0.05, 0.1) is 5.52 Å². The van der Waals surface area contributed by atoms with Gasteiger partial charge in [0.25, 0.3) is 0 Å². The summed E-state index contributed by atoms with van der Waals surface area (Å²) in [5.41, 5.74) is 8.90. The van der Waals surface area contributed by atoms with Crippen molar-refractivity contribution in [3.8, 4) is 0 Å². The Hall–Kier alpha value is -2.60. The highest BCUT2D eigenvalue weighted by molar-refractivity contribution is 5.87. The number of nitrogens with two attached hydrogens (primary N) is 1. The average molecular weight is 353 g/mol. The summed E-state index contributed by atoms with van der Waals surface area (Å²) in [7, 11) is 0. The number of anilines is 2. The second-order valence-electron chi connectivity index (χ2n) is 6.59. The number of nitrogen functional groups attached to an aromatic ring is 1. The quantitative estimate of drug-likeness (QED) is 0.548. The van der Waals surface area contributed by atoms with Crippen molar-refractivity contribution in [1.29, 1.82) is 0 Å². The summed E-state index contributed by atoms with van der Waals surface area (Å²) in [6.45, 7) is 3.06. The Balaban J connectivity index is 1.93. The number of hydrogen-bond acceptors (Lipinski definition) is 5. The van der Waals surface area contributed by atoms with Gasteiger partial charge in [-0.15, -0.1) is 0 Å². The van der Waals surface area contributed by atoms with E-state index in [0.29, 0.717) is 6.42 Å². The summed E-state index contributed by atoms with van der Waals surface area (Å²) in [5.74, 6) is 0.999. The molecule has 1 unspecified atom stereocenters. The van der Waals surface area contributed by atoms with Gasteiger partial charge in [0.1, 0.15) is 5.52 Å². The van der Waals surface area contributed by atoms with Crippen molar-refractivity contribution >= 4 is 22.8 Å². The zero-order valence-electron chi connectivity index (χ0n) is 15.2. The van der Waals surface area contributed by atoms with Crippen molar-refractivity contribution < 1.29 is 5.11 Å². The SMILES string of the molecule is CCCCC(CCO)Nc1nc(N)nc2ccn(Cc3ccccc3)c12. The molecule has 0 saturated heterocycles. The maximum absolute atomic E-state index is 9.39. The predicted octanol–water partition coefficient (Wildman–Crippen LogP) is 3.41. The molecule has 0 saturated carbocycles. The Morgan fingerprint density at radius 2 is 1.96 bits per heavy atom. The van der Waals surface area contributed by atoms with Crippen LogP contribution in [-0.2, 0) is 6.54 Å². The van der Waals surface area contributed by atoms with Gasteiger partial charge in [0, 0.05) is 25.4 Å². The van der Waals surface area contributed by atoms with Gasteiger partial charge in [-0.25, -0.2) is 4.98 Å². The fraction of sp³-hybridized carbons (Fsp3) is 0.400. The first-order valence-electron chi connectivity index (χ1n) is 9.25. The van der Waals surface area contributed by atoms with E-state index in [2.05, 4.69) is 38.9 Å². The molecule has 0 fully saturated rings. The fourth-order valence-corrected chi connectivity index (χ4v) is 3.23. The summed E-state index contributed by atoms with van der Waals surface area (Å²) < 4.78 is 2.14. The van der Waals surface area contributed by atoms with Crippen LogP contribution in [0.2, 0.25) is 0 Å². The average Bonchev–Trinajstić information content (AvgIpc) is 3.03. The highest BCUT2D eigenvalue weighted by Gasteiger charge is 2.15. The van der Waals surface area contributed by atoms with Gasteiger partial charge in [-0.05, 0) is 24.5 Å². The lowest BCUT2D eigenvalue weighted by molar-refractivity contribution is 0.276. The molecule has 26 heavy (non-hydrogen) atoms. The van der Waals surface area contributed by atoms with Crippen molar-refractivity contribution in [2.24, 2.45) is 0 Å². The third kappa shape index (κ3) is 4.32. The molecule has 2 heterocycles. The van der Waals surface area contributed by atoms with Crippen molar-refractivity contribution in [2.75, 3.05) is 17.7 Å². The molecule has 4 N–H and O–H groups in total. The second kappa shape index (κ2) is 8.67. The number of benzene rings is 1. The predicted molar refractivity (Wildman–Crippen MR) is 106 cm³/mol. The molecule has 0 spiro atoms. The number of rotatable bonds is 9. The van der Waals surface area contributed by atoms with Gasteiger partial charge in [-0.1, -0.05) is 50.1 Å². The van der Waals surface area contributed by atoms with E-state index in [1.807, 2.05) is 30.5 Å². The highest BCUT2D eigenvalue weighted by Crippen LogP contribution is 2.25. The first-order chi connectivity index (χ1) is 12.7. The summed E-state index contributed by atoms with van der Waals surface area (Å²) in [6.07, 6.45) is 5.92. The monoisotopic (exact) mass is 353 g/mol. The molecule has 0 amide bonds. The molecular weight excluding hydrogens is 326 g/mol. The van der Waals surface area contributed by atoms with Crippen LogP contribution in [0.4, 0.5) is 11.8 Å². The normalized spacial score (nSPS) is 12.4. The van der Waals surface area contributed by atoms with E-state index in [0.717, 1.165) is 42.7 Å². The van der Waals surface area contributed by atoms with E-state index in [1.165, 1.54) is 5.56 Å².